The highest BCUT2D eigenvalue weighted by Crippen LogP contribution is 2.33. The molecule has 0 atom stereocenters. The molecule has 1 fully saturated rings. The number of hydrogen-bond donors (Lipinski definition) is 1. The zero-order valence-corrected chi connectivity index (χ0v) is 15.4. The van der Waals surface area contributed by atoms with E-state index in [-0.39, 0.29) is 0 Å². The highest BCUT2D eigenvalue weighted by atomic mass is 15.3. The summed E-state index contributed by atoms with van der Waals surface area (Å²) in [5.74, 6) is 4.33. The zero-order chi connectivity index (χ0) is 17.4. The number of rotatable bonds is 3. The van der Waals surface area contributed by atoms with Crippen LogP contribution in [0.15, 0.2) is 0 Å². The first-order valence-electron chi connectivity index (χ1n) is 9.33. The van der Waals surface area contributed by atoms with Crippen LogP contribution in [-0.4, -0.2) is 52.3 Å². The average Bonchev–Trinajstić information content (AvgIpc) is 3.11. The SMILES string of the molecule is Cc1nc2c(c(N3CCC(c4nc(N(C)C)n[nH]4)CC3)n1)CCCC2. The van der Waals surface area contributed by atoms with Gasteiger partial charge in [-0.05, 0) is 45.4 Å². The maximum absolute atomic E-state index is 4.81. The molecular formula is C18H27N7. The number of nitrogens with one attached hydrogen (secondary N) is 1. The minimum Gasteiger partial charge on any atom is -0.356 e. The topological polar surface area (TPSA) is 73.8 Å². The molecule has 0 bridgehead atoms. The van der Waals surface area contributed by atoms with Crippen molar-refractivity contribution in [3.8, 4) is 0 Å². The third-order valence-corrected chi connectivity index (χ3v) is 5.35. The van der Waals surface area contributed by atoms with Gasteiger partial charge >= 0.3 is 0 Å². The fourth-order valence-corrected chi connectivity index (χ4v) is 3.97. The van der Waals surface area contributed by atoms with E-state index in [4.69, 9.17) is 4.98 Å². The number of hydrogen-bond acceptors (Lipinski definition) is 6. The molecule has 3 heterocycles. The highest BCUT2D eigenvalue weighted by molar-refractivity contribution is 5.50. The van der Waals surface area contributed by atoms with Crippen LogP contribution in [0, 0.1) is 6.92 Å². The van der Waals surface area contributed by atoms with Gasteiger partial charge in [0.25, 0.3) is 0 Å². The van der Waals surface area contributed by atoms with Crippen LogP contribution in [0.2, 0.25) is 0 Å². The highest BCUT2D eigenvalue weighted by Gasteiger charge is 2.27. The fraction of sp³-hybridized carbons (Fsp3) is 0.667. The Morgan fingerprint density at radius 2 is 1.80 bits per heavy atom. The number of fused-ring (bicyclic) bond motifs is 1. The number of aromatic amines is 1. The summed E-state index contributed by atoms with van der Waals surface area (Å²) in [5, 5.41) is 7.42. The number of piperidine rings is 1. The number of aryl methyl sites for hydroxylation is 2. The van der Waals surface area contributed by atoms with E-state index in [1.807, 2.05) is 25.9 Å². The van der Waals surface area contributed by atoms with Gasteiger partial charge in [-0.1, -0.05) is 0 Å². The van der Waals surface area contributed by atoms with Crippen LogP contribution in [-0.2, 0) is 12.8 Å². The van der Waals surface area contributed by atoms with Gasteiger partial charge in [-0.15, -0.1) is 5.10 Å². The minimum atomic E-state index is 0.455. The summed E-state index contributed by atoms with van der Waals surface area (Å²) in [6.45, 7) is 4.06. The third kappa shape index (κ3) is 3.19. The molecule has 0 spiro atoms. The van der Waals surface area contributed by atoms with Crippen molar-refractivity contribution in [3.05, 3.63) is 22.9 Å². The van der Waals surface area contributed by atoms with Gasteiger partial charge in [0.1, 0.15) is 17.5 Å². The number of H-pyrrole nitrogens is 1. The van der Waals surface area contributed by atoms with Crippen molar-refractivity contribution in [1.82, 2.24) is 25.1 Å². The lowest BCUT2D eigenvalue weighted by Gasteiger charge is -2.34. The lowest BCUT2D eigenvalue weighted by atomic mass is 9.93. The Balaban J connectivity index is 1.49. The first-order chi connectivity index (χ1) is 12.1. The molecule has 4 rings (SSSR count). The van der Waals surface area contributed by atoms with Crippen LogP contribution in [0.3, 0.4) is 0 Å². The zero-order valence-electron chi connectivity index (χ0n) is 15.4. The van der Waals surface area contributed by atoms with E-state index < -0.39 is 0 Å². The summed E-state index contributed by atoms with van der Waals surface area (Å²) in [5.41, 5.74) is 2.67. The van der Waals surface area contributed by atoms with E-state index in [1.54, 1.807) is 0 Å². The Labute approximate surface area is 148 Å². The van der Waals surface area contributed by atoms with E-state index in [1.165, 1.54) is 29.9 Å². The molecule has 7 heteroatoms. The fourth-order valence-electron chi connectivity index (χ4n) is 3.97. The summed E-state index contributed by atoms with van der Waals surface area (Å²) in [7, 11) is 3.94. The first-order valence-corrected chi connectivity index (χ1v) is 9.33. The molecule has 1 N–H and O–H groups in total. The van der Waals surface area contributed by atoms with Gasteiger partial charge in [0.2, 0.25) is 5.95 Å². The van der Waals surface area contributed by atoms with Crippen molar-refractivity contribution in [2.75, 3.05) is 37.0 Å². The Morgan fingerprint density at radius 1 is 1.04 bits per heavy atom. The molecular weight excluding hydrogens is 314 g/mol. The molecule has 1 saturated heterocycles. The predicted molar refractivity (Wildman–Crippen MR) is 98.3 cm³/mol. The molecule has 0 radical (unpaired) electrons. The van der Waals surface area contributed by atoms with E-state index >= 15 is 0 Å². The number of aromatic nitrogens is 5. The smallest absolute Gasteiger partial charge is 0.244 e. The summed E-state index contributed by atoms with van der Waals surface area (Å²) in [6, 6.07) is 0. The van der Waals surface area contributed by atoms with Gasteiger partial charge in [-0.25, -0.2) is 9.97 Å². The van der Waals surface area contributed by atoms with Crippen molar-refractivity contribution < 1.29 is 0 Å². The Kier molecular flexibility index (Phi) is 4.31. The van der Waals surface area contributed by atoms with Crippen molar-refractivity contribution in [3.63, 3.8) is 0 Å². The van der Waals surface area contributed by atoms with Crippen LogP contribution in [0.1, 0.15) is 54.5 Å². The third-order valence-electron chi connectivity index (χ3n) is 5.35. The van der Waals surface area contributed by atoms with Gasteiger partial charge in [-0.3, -0.25) is 5.10 Å². The average molecular weight is 341 g/mol. The first kappa shape index (κ1) is 16.3. The Bertz CT molecular complexity index is 744. The predicted octanol–water partition coefficient (Wildman–Crippen LogP) is 2.23. The Hall–Kier alpha value is -2.18. The van der Waals surface area contributed by atoms with E-state index in [0.29, 0.717) is 5.92 Å². The molecule has 25 heavy (non-hydrogen) atoms. The molecule has 0 aromatic carbocycles. The van der Waals surface area contributed by atoms with Crippen LogP contribution in [0.5, 0.6) is 0 Å². The van der Waals surface area contributed by atoms with E-state index in [2.05, 4.69) is 25.1 Å². The molecule has 1 aliphatic heterocycles. The molecule has 2 aliphatic rings. The molecule has 1 aliphatic carbocycles. The summed E-state index contributed by atoms with van der Waals surface area (Å²) < 4.78 is 0. The second kappa shape index (κ2) is 6.61. The molecule has 2 aromatic heterocycles. The normalized spacial score (nSPS) is 18.3. The van der Waals surface area contributed by atoms with Gasteiger partial charge in [-0.2, -0.15) is 4.98 Å². The lowest BCUT2D eigenvalue weighted by Crippen LogP contribution is -2.35. The van der Waals surface area contributed by atoms with Crippen molar-refractivity contribution in [2.24, 2.45) is 0 Å². The van der Waals surface area contributed by atoms with Crippen LogP contribution in [0.4, 0.5) is 11.8 Å². The van der Waals surface area contributed by atoms with Gasteiger partial charge in [0.15, 0.2) is 0 Å². The molecule has 134 valence electrons. The van der Waals surface area contributed by atoms with Crippen molar-refractivity contribution >= 4 is 11.8 Å². The summed E-state index contributed by atoms with van der Waals surface area (Å²) >= 11 is 0. The lowest BCUT2D eigenvalue weighted by molar-refractivity contribution is 0.482. The van der Waals surface area contributed by atoms with Gasteiger partial charge in [0, 0.05) is 44.4 Å². The van der Waals surface area contributed by atoms with Crippen molar-refractivity contribution in [1.29, 1.82) is 0 Å². The number of anilines is 2. The van der Waals surface area contributed by atoms with Crippen LogP contribution in [0.25, 0.3) is 0 Å². The Morgan fingerprint density at radius 3 is 2.52 bits per heavy atom. The van der Waals surface area contributed by atoms with Gasteiger partial charge in [0.05, 0.1) is 0 Å². The summed E-state index contributed by atoms with van der Waals surface area (Å²) in [6.07, 6.45) is 6.91. The largest absolute Gasteiger partial charge is 0.356 e. The van der Waals surface area contributed by atoms with E-state index in [0.717, 1.165) is 56.4 Å². The summed E-state index contributed by atoms with van der Waals surface area (Å²) in [4.78, 5) is 18.5. The maximum atomic E-state index is 4.81. The second-order valence-electron chi connectivity index (χ2n) is 7.40. The second-order valence-corrected chi connectivity index (χ2v) is 7.40. The molecule has 7 nitrogen and oxygen atoms in total. The maximum Gasteiger partial charge on any atom is 0.244 e. The quantitative estimate of drug-likeness (QED) is 0.923. The van der Waals surface area contributed by atoms with Gasteiger partial charge < -0.3 is 9.80 Å². The minimum absolute atomic E-state index is 0.455. The standard InChI is InChI=1S/C18H27N7/c1-12-19-15-7-5-4-6-14(15)17(20-12)25-10-8-13(9-11-25)16-21-18(23-22-16)24(2)3/h13H,4-11H2,1-3H3,(H,21,22,23). The van der Waals surface area contributed by atoms with E-state index in [9.17, 15) is 0 Å². The molecule has 0 amide bonds. The van der Waals surface area contributed by atoms with Crippen molar-refractivity contribution in [2.45, 2.75) is 51.4 Å². The van der Waals surface area contributed by atoms with Crippen LogP contribution >= 0.6 is 0 Å². The molecule has 0 saturated carbocycles. The number of nitrogens with zero attached hydrogens (tertiary/aromatic N) is 6. The van der Waals surface area contributed by atoms with Crippen LogP contribution < -0.4 is 9.80 Å². The monoisotopic (exact) mass is 341 g/mol. The molecule has 2 aromatic rings. The molecule has 0 unspecified atom stereocenters.